The molecule has 1 aliphatic carbocycles. The van der Waals surface area contributed by atoms with Crippen LogP contribution in [-0.2, 0) is 16.9 Å². The van der Waals surface area contributed by atoms with Crippen LogP contribution in [0.3, 0.4) is 0 Å². The smallest absolute Gasteiger partial charge is 0.350 e. The zero-order valence-corrected chi connectivity index (χ0v) is 14.9. The molecule has 3 N–H and O–H groups in total. The fraction of sp³-hybridized carbons (Fsp3) is 0.471. The third kappa shape index (κ3) is 3.48. The van der Waals surface area contributed by atoms with E-state index >= 15 is 0 Å². The van der Waals surface area contributed by atoms with Crippen molar-refractivity contribution in [1.29, 1.82) is 0 Å². The molecule has 2 bridgehead atoms. The number of benzene rings is 1. The standard InChI is InChI=1S/C17H19N3O.H2O4S/c21-17-16-14(13-3-1-2-4-15(13)18-16)10-19-8-7-12(9-19)20(17)11-5-6-11;1-5(2,3)4/h1-4,11-12,18H,5-10H2;(H2,1,2,3,4). The molecule has 0 radical (unpaired) electrons. The maximum Gasteiger partial charge on any atom is 0.394 e. The number of H-pyrrole nitrogens is 1. The summed E-state index contributed by atoms with van der Waals surface area (Å²) in [4.78, 5) is 21.2. The van der Waals surface area contributed by atoms with Crippen LogP contribution in [0.1, 0.15) is 35.3 Å². The van der Waals surface area contributed by atoms with Gasteiger partial charge in [-0.1, -0.05) is 18.2 Å². The van der Waals surface area contributed by atoms with Crippen LogP contribution in [0.4, 0.5) is 0 Å². The van der Waals surface area contributed by atoms with E-state index in [1.165, 1.54) is 23.8 Å². The predicted octanol–water partition coefficient (Wildman–Crippen LogP) is 1.71. The molecule has 26 heavy (non-hydrogen) atoms. The van der Waals surface area contributed by atoms with E-state index < -0.39 is 10.4 Å². The predicted molar refractivity (Wildman–Crippen MR) is 95.3 cm³/mol. The Kier molecular flexibility index (Phi) is 4.26. The largest absolute Gasteiger partial charge is 0.394 e. The lowest BCUT2D eigenvalue weighted by Gasteiger charge is -2.31. The number of fused-ring (bicyclic) bond motifs is 5. The van der Waals surface area contributed by atoms with E-state index in [4.69, 9.17) is 17.5 Å². The summed E-state index contributed by atoms with van der Waals surface area (Å²) < 4.78 is 31.6. The van der Waals surface area contributed by atoms with Gasteiger partial charge < -0.3 is 9.88 Å². The second-order valence-corrected chi connectivity index (χ2v) is 7.99. The van der Waals surface area contributed by atoms with Gasteiger partial charge in [0.25, 0.3) is 5.91 Å². The van der Waals surface area contributed by atoms with Crippen molar-refractivity contribution in [3.05, 3.63) is 35.5 Å². The molecule has 2 atom stereocenters. The minimum atomic E-state index is -4.67. The van der Waals surface area contributed by atoms with Gasteiger partial charge in [-0.15, -0.1) is 0 Å². The molecule has 1 aromatic heterocycles. The fourth-order valence-electron chi connectivity index (χ4n) is 4.06. The van der Waals surface area contributed by atoms with Gasteiger partial charge in [-0.25, -0.2) is 0 Å². The summed E-state index contributed by atoms with van der Waals surface area (Å²) in [5.74, 6) is 0.232. The maximum absolute atomic E-state index is 13.1. The number of carbonyl (C=O) groups excluding carboxylic acids is 1. The topological polar surface area (TPSA) is 114 Å². The van der Waals surface area contributed by atoms with Crippen LogP contribution in [-0.4, -0.2) is 63.4 Å². The van der Waals surface area contributed by atoms with Crippen molar-refractivity contribution in [3.8, 4) is 0 Å². The van der Waals surface area contributed by atoms with Crippen molar-refractivity contribution in [2.75, 3.05) is 13.1 Å². The van der Waals surface area contributed by atoms with Crippen molar-refractivity contribution >= 4 is 27.2 Å². The van der Waals surface area contributed by atoms with Gasteiger partial charge in [0.05, 0.1) is 0 Å². The summed E-state index contributed by atoms with van der Waals surface area (Å²) in [7, 11) is -4.67. The van der Waals surface area contributed by atoms with E-state index in [0.29, 0.717) is 12.1 Å². The molecule has 3 aliphatic rings. The zero-order chi connectivity index (χ0) is 18.5. The molecule has 140 valence electrons. The highest BCUT2D eigenvalue weighted by Crippen LogP contribution is 2.37. The van der Waals surface area contributed by atoms with E-state index in [1.807, 2.05) is 6.07 Å². The molecule has 2 fully saturated rings. The highest BCUT2D eigenvalue weighted by molar-refractivity contribution is 7.79. The third-order valence-electron chi connectivity index (χ3n) is 5.22. The van der Waals surface area contributed by atoms with Gasteiger partial charge in [-0.05, 0) is 25.3 Å². The molecule has 1 saturated heterocycles. The van der Waals surface area contributed by atoms with Gasteiger partial charge in [0.1, 0.15) is 5.69 Å². The molecule has 2 aliphatic heterocycles. The van der Waals surface area contributed by atoms with Crippen LogP contribution >= 0.6 is 0 Å². The van der Waals surface area contributed by atoms with E-state index in [-0.39, 0.29) is 5.91 Å². The SMILES string of the molecule is O=C1c2[nH]c3ccccc3c2CN2CCC(C2)N1C1CC1.O=S(=O)(O)O. The van der Waals surface area contributed by atoms with Crippen LogP contribution in [0.15, 0.2) is 24.3 Å². The van der Waals surface area contributed by atoms with Crippen molar-refractivity contribution in [2.24, 2.45) is 0 Å². The Morgan fingerprint density at radius 1 is 1.08 bits per heavy atom. The van der Waals surface area contributed by atoms with Gasteiger partial charge in [0.15, 0.2) is 0 Å². The molecule has 3 heterocycles. The lowest BCUT2D eigenvalue weighted by Crippen LogP contribution is -2.45. The van der Waals surface area contributed by atoms with Crippen LogP contribution in [0, 0.1) is 0 Å². The van der Waals surface area contributed by atoms with Gasteiger partial charge >= 0.3 is 10.4 Å². The molecule has 0 spiro atoms. The molecular weight excluding hydrogens is 358 g/mol. The average molecular weight is 379 g/mol. The number of aromatic nitrogens is 1. The van der Waals surface area contributed by atoms with Crippen LogP contribution in [0.5, 0.6) is 0 Å². The average Bonchev–Trinajstić information content (AvgIpc) is 3.15. The molecule has 2 unspecified atom stereocenters. The summed E-state index contributed by atoms with van der Waals surface area (Å²) in [6.45, 7) is 3.06. The number of nitrogens with zero attached hydrogens (tertiary/aromatic N) is 2. The normalized spacial score (nSPS) is 25.3. The fourth-order valence-corrected chi connectivity index (χ4v) is 4.06. The Balaban J connectivity index is 0.000000301. The van der Waals surface area contributed by atoms with Gasteiger partial charge in [-0.2, -0.15) is 8.42 Å². The second kappa shape index (κ2) is 6.34. The first-order chi connectivity index (χ1) is 12.3. The van der Waals surface area contributed by atoms with Crippen LogP contribution < -0.4 is 0 Å². The van der Waals surface area contributed by atoms with Gasteiger partial charge in [0.2, 0.25) is 0 Å². The number of hydrogen-bond donors (Lipinski definition) is 3. The first kappa shape index (κ1) is 17.5. The molecule has 1 aromatic carbocycles. The van der Waals surface area contributed by atoms with E-state index in [2.05, 4.69) is 33.0 Å². The van der Waals surface area contributed by atoms with Crippen molar-refractivity contribution in [1.82, 2.24) is 14.8 Å². The lowest BCUT2D eigenvalue weighted by atomic mass is 10.1. The molecular formula is C17H21N3O5S. The zero-order valence-electron chi connectivity index (χ0n) is 14.1. The number of amides is 1. The quantitative estimate of drug-likeness (QED) is 0.650. The number of hydrogen-bond acceptors (Lipinski definition) is 4. The van der Waals surface area contributed by atoms with E-state index in [0.717, 1.165) is 37.3 Å². The number of rotatable bonds is 1. The number of para-hydroxylation sites is 1. The van der Waals surface area contributed by atoms with Crippen molar-refractivity contribution in [3.63, 3.8) is 0 Å². The van der Waals surface area contributed by atoms with Gasteiger partial charge in [0, 0.05) is 48.2 Å². The van der Waals surface area contributed by atoms with E-state index in [1.54, 1.807) is 0 Å². The molecule has 8 nitrogen and oxygen atoms in total. The maximum atomic E-state index is 13.1. The Bertz CT molecular complexity index is 942. The minimum Gasteiger partial charge on any atom is -0.350 e. The summed E-state index contributed by atoms with van der Waals surface area (Å²) in [5, 5.41) is 1.21. The van der Waals surface area contributed by atoms with E-state index in [9.17, 15) is 4.79 Å². The third-order valence-corrected chi connectivity index (χ3v) is 5.22. The molecule has 1 saturated carbocycles. The summed E-state index contributed by atoms with van der Waals surface area (Å²) in [6.07, 6.45) is 3.49. The molecule has 5 rings (SSSR count). The highest BCUT2D eigenvalue weighted by Gasteiger charge is 2.43. The van der Waals surface area contributed by atoms with Crippen LogP contribution in [0.2, 0.25) is 0 Å². The number of nitrogens with one attached hydrogen (secondary N) is 1. The molecule has 2 aromatic rings. The second-order valence-electron chi connectivity index (χ2n) is 7.09. The molecule has 1 amide bonds. The van der Waals surface area contributed by atoms with Crippen molar-refractivity contribution < 1.29 is 22.3 Å². The first-order valence-electron chi connectivity index (χ1n) is 8.66. The Morgan fingerprint density at radius 3 is 2.46 bits per heavy atom. The minimum absolute atomic E-state index is 0.232. The van der Waals surface area contributed by atoms with Crippen LogP contribution in [0.25, 0.3) is 10.9 Å². The number of carbonyl (C=O) groups is 1. The monoisotopic (exact) mass is 379 g/mol. The summed E-state index contributed by atoms with van der Waals surface area (Å²) in [5.41, 5.74) is 3.12. The Morgan fingerprint density at radius 2 is 1.77 bits per heavy atom. The van der Waals surface area contributed by atoms with Gasteiger partial charge in [-0.3, -0.25) is 18.8 Å². The Hall–Kier alpha value is -1.94. The number of aromatic amines is 1. The molecule has 9 heteroatoms. The summed E-state index contributed by atoms with van der Waals surface area (Å²) in [6, 6.07) is 9.20. The summed E-state index contributed by atoms with van der Waals surface area (Å²) >= 11 is 0. The Labute approximate surface area is 151 Å². The van der Waals surface area contributed by atoms with Crippen molar-refractivity contribution in [2.45, 2.75) is 37.9 Å². The lowest BCUT2D eigenvalue weighted by molar-refractivity contribution is 0.0647. The highest BCUT2D eigenvalue weighted by atomic mass is 32.3. The first-order valence-corrected chi connectivity index (χ1v) is 10.1.